The van der Waals surface area contributed by atoms with Crippen LogP contribution in [0.15, 0.2) is 6.07 Å². The SMILES string of the molecule is C.COc1c(C)cc2c(c1O)[C@@H]1[C@@H]3[C@@H]4SC[C@H](N)C(=O)OC[C@@H](c5c6c(c(C)c(OC(C)=O)c54)OCO6)N3[C@@H](C#N)[C@H](C2)N1C.[B].[HH]. The fourth-order valence-electron chi connectivity index (χ4n) is 7.98. The Morgan fingerprint density at radius 3 is 2.59 bits per heavy atom. The van der Waals surface area contributed by atoms with Gasteiger partial charge in [-0.05, 0) is 38.4 Å². The molecule has 12 nitrogen and oxygen atoms in total. The number of fused-ring (bicyclic) bond motifs is 9. The van der Waals surface area contributed by atoms with Crippen LogP contribution in [0.25, 0.3) is 0 Å². The second kappa shape index (κ2) is 12.2. The molecule has 46 heavy (non-hydrogen) atoms. The van der Waals surface area contributed by atoms with Gasteiger partial charge in [0, 0.05) is 56.9 Å². The number of hydrogen-bond donors (Lipinski definition) is 2. The van der Waals surface area contributed by atoms with Gasteiger partial charge in [0.2, 0.25) is 6.79 Å². The second-order valence-corrected chi connectivity index (χ2v) is 13.2. The molecule has 14 heteroatoms. The largest absolute Gasteiger partial charge is 0.504 e. The third-order valence-electron chi connectivity index (χ3n) is 9.69. The highest BCUT2D eigenvalue weighted by Gasteiger charge is 2.60. The summed E-state index contributed by atoms with van der Waals surface area (Å²) in [6.45, 7) is 4.93. The highest BCUT2D eigenvalue weighted by Crippen LogP contribution is 2.64. The molecule has 5 aliphatic heterocycles. The zero-order valence-corrected chi connectivity index (χ0v) is 26.5. The number of thioether (sulfide) groups is 1. The van der Waals surface area contributed by atoms with Crippen LogP contribution in [0.2, 0.25) is 0 Å². The summed E-state index contributed by atoms with van der Waals surface area (Å²) in [4.78, 5) is 29.8. The molecule has 0 spiro atoms. The average molecular weight is 652 g/mol. The van der Waals surface area contributed by atoms with Crippen LogP contribution in [0, 0.1) is 25.2 Å². The highest BCUT2D eigenvalue weighted by atomic mass is 32.2. The van der Waals surface area contributed by atoms with Crippen molar-refractivity contribution >= 4 is 32.1 Å². The van der Waals surface area contributed by atoms with E-state index in [1.165, 1.54) is 25.8 Å². The number of nitrogens with zero attached hydrogens (tertiary/aromatic N) is 3. The van der Waals surface area contributed by atoms with Crippen LogP contribution in [0.4, 0.5) is 0 Å². The Bertz CT molecular complexity index is 1660. The Kier molecular flexibility index (Phi) is 8.93. The quantitative estimate of drug-likeness (QED) is 0.278. The van der Waals surface area contributed by atoms with E-state index in [0.29, 0.717) is 40.5 Å². The summed E-state index contributed by atoms with van der Waals surface area (Å²) < 4.78 is 29.4. The monoisotopic (exact) mass is 651 g/mol. The Balaban J connectivity index is 0.00000167. The van der Waals surface area contributed by atoms with E-state index in [0.717, 1.165) is 22.3 Å². The number of nitriles is 1. The van der Waals surface area contributed by atoms with Crippen LogP contribution in [-0.2, 0) is 20.7 Å². The number of esters is 2. The molecule has 7 atom stereocenters. The first-order valence-electron chi connectivity index (χ1n) is 14.5. The molecule has 2 saturated heterocycles. The number of methoxy groups -OCH3 is 1. The zero-order chi connectivity index (χ0) is 31.2. The zero-order valence-electron chi connectivity index (χ0n) is 25.7. The Morgan fingerprint density at radius 1 is 1.20 bits per heavy atom. The summed E-state index contributed by atoms with van der Waals surface area (Å²) in [5.41, 5.74) is 10.8. The molecule has 245 valence electrons. The lowest BCUT2D eigenvalue weighted by atomic mass is 9.71. The van der Waals surface area contributed by atoms with E-state index in [1.807, 2.05) is 27.0 Å². The van der Waals surface area contributed by atoms with Gasteiger partial charge in [-0.2, -0.15) is 5.26 Å². The summed E-state index contributed by atoms with van der Waals surface area (Å²) >= 11 is 1.44. The predicted molar refractivity (Wildman–Crippen MR) is 173 cm³/mol. The molecule has 4 bridgehead atoms. The van der Waals surface area contributed by atoms with Crippen molar-refractivity contribution in [2.75, 3.05) is 33.3 Å². The number of piperazine rings is 1. The van der Waals surface area contributed by atoms with Gasteiger partial charge in [0.05, 0.1) is 30.5 Å². The molecule has 5 aliphatic rings. The van der Waals surface area contributed by atoms with E-state index < -0.39 is 47.4 Å². The summed E-state index contributed by atoms with van der Waals surface area (Å²) in [6, 6.07) is 1.36. The van der Waals surface area contributed by atoms with Gasteiger partial charge in [-0.1, -0.05) is 13.5 Å². The Hall–Kier alpha value is -3.64. The van der Waals surface area contributed by atoms with E-state index in [1.54, 1.807) is 0 Å². The maximum atomic E-state index is 13.0. The fraction of sp³-hybridized carbons (Fsp3) is 0.531. The number of benzene rings is 2. The van der Waals surface area contributed by atoms with Crippen LogP contribution >= 0.6 is 11.8 Å². The van der Waals surface area contributed by atoms with E-state index in [2.05, 4.69) is 15.9 Å². The van der Waals surface area contributed by atoms with Crippen molar-refractivity contribution in [2.24, 2.45) is 5.73 Å². The number of phenols is 1. The first kappa shape index (κ1) is 33.7. The molecular weight excluding hydrogens is 611 g/mol. The number of carbonyl (C=O) groups is 2. The number of carbonyl (C=O) groups excluding carboxylic acids is 2. The molecule has 0 unspecified atom stereocenters. The number of hydrogen-bond acceptors (Lipinski definition) is 13. The standard InChI is InChI=1S/C31H34N4O8S.CH4.B.H2/c1-12-6-15-7-17-18(8-32)35-19-9-40-31(38)16(33)10-44-30(24(35)23(34(17)4)20(15)25(37)26(12)39-5)22-21(19)29-28(41-11-42-29)13(2)27(22)43-14(3)36;;;/h6,16-19,23-24,30,37H,7,9-11,33H2,1-5H3;1H4;;1H/t16-,17-,18-,19-,23+,24+,30+;;;/m0.../s1. The van der Waals surface area contributed by atoms with Crippen LogP contribution in [-0.4, -0.2) is 92.7 Å². The molecule has 2 fully saturated rings. The fourth-order valence-corrected chi connectivity index (χ4v) is 9.42. The van der Waals surface area contributed by atoms with Crippen molar-refractivity contribution in [1.29, 1.82) is 5.26 Å². The number of aryl methyl sites for hydroxylation is 1. The molecule has 0 amide bonds. The first-order chi connectivity index (χ1) is 21.1. The predicted octanol–water partition coefficient (Wildman–Crippen LogP) is 3.06. The summed E-state index contributed by atoms with van der Waals surface area (Å²) in [5.74, 6) is 0.953. The number of cyclic esters (lactones) is 1. The number of ether oxygens (including phenoxy) is 5. The van der Waals surface area contributed by atoms with E-state index >= 15 is 0 Å². The summed E-state index contributed by atoms with van der Waals surface area (Å²) in [5, 5.41) is 22.1. The van der Waals surface area contributed by atoms with Gasteiger partial charge in [-0.3, -0.25) is 19.4 Å². The molecule has 0 saturated carbocycles. The minimum absolute atomic E-state index is 0. The van der Waals surface area contributed by atoms with Crippen LogP contribution in [0.5, 0.6) is 28.7 Å². The van der Waals surface area contributed by atoms with Gasteiger partial charge in [-0.25, -0.2) is 0 Å². The third kappa shape index (κ3) is 4.62. The number of likely N-dealkylation sites (N-methyl/N-ethyl adjacent to an activating group) is 1. The normalized spacial score (nSPS) is 29.1. The van der Waals surface area contributed by atoms with E-state index in [-0.39, 0.29) is 48.2 Å². The molecular formula is C32H40BN4O8S. The van der Waals surface area contributed by atoms with Gasteiger partial charge < -0.3 is 34.5 Å². The number of rotatable bonds is 2. The molecule has 0 aromatic heterocycles. The maximum Gasteiger partial charge on any atom is 0.323 e. The van der Waals surface area contributed by atoms with Gasteiger partial charge >= 0.3 is 11.9 Å². The summed E-state index contributed by atoms with van der Waals surface area (Å²) in [6.07, 6.45) is 0.522. The lowest BCUT2D eigenvalue weighted by Crippen LogP contribution is -2.69. The van der Waals surface area contributed by atoms with E-state index in [4.69, 9.17) is 29.4 Å². The smallest absolute Gasteiger partial charge is 0.323 e. The van der Waals surface area contributed by atoms with Crippen molar-refractivity contribution in [3.63, 3.8) is 0 Å². The molecule has 7 rings (SSSR count). The first-order valence-corrected chi connectivity index (χ1v) is 15.6. The lowest BCUT2D eigenvalue weighted by molar-refractivity contribution is -0.150. The maximum absolute atomic E-state index is 13.0. The van der Waals surface area contributed by atoms with Gasteiger partial charge in [0.25, 0.3) is 0 Å². The summed E-state index contributed by atoms with van der Waals surface area (Å²) in [7, 11) is 3.51. The minimum atomic E-state index is -0.890. The van der Waals surface area contributed by atoms with Crippen molar-refractivity contribution in [3.05, 3.63) is 39.4 Å². The molecule has 2 aromatic rings. The second-order valence-electron chi connectivity index (χ2n) is 12.0. The average Bonchev–Trinajstić information content (AvgIpc) is 3.47. The van der Waals surface area contributed by atoms with Gasteiger partial charge in [-0.15, -0.1) is 11.8 Å². The van der Waals surface area contributed by atoms with Crippen molar-refractivity contribution in [2.45, 2.75) is 76.1 Å². The highest BCUT2D eigenvalue weighted by molar-refractivity contribution is 7.99. The number of nitrogens with two attached hydrogens (primary N) is 1. The molecule has 3 N–H and O–H groups in total. The molecule has 0 aliphatic carbocycles. The van der Waals surface area contributed by atoms with Crippen molar-refractivity contribution in [3.8, 4) is 34.8 Å². The van der Waals surface area contributed by atoms with Gasteiger partial charge in [0.15, 0.2) is 23.0 Å². The van der Waals surface area contributed by atoms with Crippen LogP contribution in [0.1, 0.15) is 66.5 Å². The van der Waals surface area contributed by atoms with Crippen LogP contribution in [0.3, 0.4) is 0 Å². The van der Waals surface area contributed by atoms with E-state index in [9.17, 15) is 20.0 Å². The molecule has 2 aromatic carbocycles. The number of phenolic OH excluding ortho intramolecular Hbond substituents is 1. The van der Waals surface area contributed by atoms with Crippen molar-refractivity contribution < 1.29 is 39.8 Å². The molecule has 5 heterocycles. The Labute approximate surface area is 276 Å². The lowest BCUT2D eigenvalue weighted by Gasteiger charge is -2.61. The van der Waals surface area contributed by atoms with Crippen LogP contribution < -0.4 is 24.7 Å². The van der Waals surface area contributed by atoms with Crippen molar-refractivity contribution in [1.82, 2.24) is 9.80 Å². The third-order valence-corrected chi connectivity index (χ3v) is 11.1. The molecule has 3 radical (unpaired) electrons. The number of aromatic hydroxyl groups is 1. The minimum Gasteiger partial charge on any atom is -0.504 e. The topological polar surface area (TPSA) is 157 Å². The van der Waals surface area contributed by atoms with Gasteiger partial charge in [0.1, 0.15) is 24.4 Å². The Morgan fingerprint density at radius 2 is 1.91 bits per heavy atom.